The van der Waals surface area contributed by atoms with Gasteiger partial charge in [0.15, 0.2) is 0 Å². The number of rotatable bonds is 4. The van der Waals surface area contributed by atoms with Crippen molar-refractivity contribution in [3.8, 4) is 5.75 Å². The maximum absolute atomic E-state index is 12.0. The summed E-state index contributed by atoms with van der Waals surface area (Å²) in [5.41, 5.74) is 5.05. The summed E-state index contributed by atoms with van der Waals surface area (Å²) < 4.78 is 5.13. The third kappa shape index (κ3) is 3.45. The number of methoxy groups -OCH3 is 1. The second kappa shape index (κ2) is 6.52. The number of nitrogens with zero attached hydrogens (tertiary/aromatic N) is 1. The molecule has 0 spiro atoms. The Kier molecular flexibility index (Phi) is 4.50. The average Bonchev–Trinajstić information content (AvgIpc) is 2.49. The molecule has 102 valence electrons. The monoisotopic (exact) mass is 268 g/mol. The number of carbonyl (C=O) groups is 1. The van der Waals surface area contributed by atoms with Crippen molar-refractivity contribution in [2.75, 3.05) is 7.11 Å². The van der Waals surface area contributed by atoms with E-state index in [-0.39, 0.29) is 5.91 Å². The van der Waals surface area contributed by atoms with Gasteiger partial charge in [0.25, 0.3) is 5.91 Å². The van der Waals surface area contributed by atoms with Crippen molar-refractivity contribution < 1.29 is 9.53 Å². The van der Waals surface area contributed by atoms with Gasteiger partial charge in [0, 0.05) is 0 Å². The molecule has 0 aliphatic rings. The minimum atomic E-state index is -0.300. The van der Waals surface area contributed by atoms with Gasteiger partial charge in [0.1, 0.15) is 5.75 Å². The summed E-state index contributed by atoms with van der Waals surface area (Å²) in [7, 11) is 1.53. The molecule has 4 heteroatoms. The van der Waals surface area contributed by atoms with Crippen molar-refractivity contribution in [3.05, 3.63) is 65.2 Å². The van der Waals surface area contributed by atoms with E-state index in [1.54, 1.807) is 24.4 Å². The van der Waals surface area contributed by atoms with E-state index in [4.69, 9.17) is 4.74 Å². The molecule has 0 saturated carbocycles. The van der Waals surface area contributed by atoms with Crippen LogP contribution >= 0.6 is 0 Å². The van der Waals surface area contributed by atoms with Crippen LogP contribution in [0.5, 0.6) is 5.75 Å². The first-order valence-corrected chi connectivity index (χ1v) is 6.24. The number of benzene rings is 2. The summed E-state index contributed by atoms with van der Waals surface area (Å²) in [6.45, 7) is 2.02. The SMILES string of the molecule is COc1ccccc1C(=O)N/N=C/c1ccc(C)cc1. The Bertz CT molecular complexity index is 619. The van der Waals surface area contributed by atoms with Crippen LogP contribution in [0.4, 0.5) is 0 Å². The molecule has 0 aromatic heterocycles. The van der Waals surface area contributed by atoms with E-state index in [9.17, 15) is 4.79 Å². The molecular formula is C16H16N2O2. The van der Waals surface area contributed by atoms with E-state index >= 15 is 0 Å². The molecular weight excluding hydrogens is 252 g/mol. The zero-order valence-electron chi connectivity index (χ0n) is 11.5. The highest BCUT2D eigenvalue weighted by molar-refractivity contribution is 5.97. The Labute approximate surface area is 118 Å². The standard InChI is InChI=1S/C16H16N2O2/c1-12-7-9-13(10-8-12)11-17-18-16(19)14-5-3-4-6-15(14)20-2/h3-11H,1-2H3,(H,18,19)/b17-11+. The Morgan fingerprint density at radius 1 is 1.15 bits per heavy atom. The summed E-state index contributed by atoms with van der Waals surface area (Å²) in [4.78, 5) is 12.0. The number of amides is 1. The van der Waals surface area contributed by atoms with E-state index in [1.807, 2.05) is 37.3 Å². The van der Waals surface area contributed by atoms with Crippen LogP contribution in [0.2, 0.25) is 0 Å². The quantitative estimate of drug-likeness (QED) is 0.684. The van der Waals surface area contributed by atoms with Gasteiger partial charge in [-0.05, 0) is 24.6 Å². The number of para-hydroxylation sites is 1. The smallest absolute Gasteiger partial charge is 0.275 e. The Balaban J connectivity index is 2.03. The maximum atomic E-state index is 12.0. The lowest BCUT2D eigenvalue weighted by Crippen LogP contribution is -2.18. The van der Waals surface area contributed by atoms with Crippen LogP contribution in [0.1, 0.15) is 21.5 Å². The highest BCUT2D eigenvalue weighted by Gasteiger charge is 2.09. The average molecular weight is 268 g/mol. The molecule has 0 aliphatic heterocycles. The first kappa shape index (κ1) is 13.8. The number of aryl methyl sites for hydroxylation is 1. The van der Waals surface area contributed by atoms with Gasteiger partial charge in [-0.1, -0.05) is 42.0 Å². The fourth-order valence-corrected chi connectivity index (χ4v) is 1.71. The van der Waals surface area contributed by atoms with Gasteiger partial charge in [-0.2, -0.15) is 5.10 Å². The summed E-state index contributed by atoms with van der Waals surface area (Å²) in [6, 6.07) is 14.9. The predicted octanol–water partition coefficient (Wildman–Crippen LogP) is 2.77. The van der Waals surface area contributed by atoms with Crippen LogP contribution in [-0.2, 0) is 0 Å². The normalized spacial score (nSPS) is 10.5. The summed E-state index contributed by atoms with van der Waals surface area (Å²) in [6.07, 6.45) is 1.60. The molecule has 2 rings (SSSR count). The van der Waals surface area contributed by atoms with E-state index < -0.39 is 0 Å². The molecule has 2 aromatic rings. The Morgan fingerprint density at radius 2 is 1.85 bits per heavy atom. The second-order valence-electron chi connectivity index (χ2n) is 4.31. The molecule has 0 saturated heterocycles. The molecule has 0 radical (unpaired) electrons. The van der Waals surface area contributed by atoms with Crippen molar-refractivity contribution in [2.24, 2.45) is 5.10 Å². The molecule has 0 atom stereocenters. The van der Waals surface area contributed by atoms with E-state index in [2.05, 4.69) is 10.5 Å². The number of hydrogen-bond donors (Lipinski definition) is 1. The molecule has 0 fully saturated rings. The van der Waals surface area contributed by atoms with Gasteiger partial charge in [-0.15, -0.1) is 0 Å². The maximum Gasteiger partial charge on any atom is 0.275 e. The summed E-state index contributed by atoms with van der Waals surface area (Å²) in [5.74, 6) is 0.223. The zero-order chi connectivity index (χ0) is 14.4. The van der Waals surface area contributed by atoms with Crippen molar-refractivity contribution in [3.63, 3.8) is 0 Å². The molecule has 0 bridgehead atoms. The lowest BCUT2D eigenvalue weighted by Gasteiger charge is -2.05. The number of ether oxygens (including phenoxy) is 1. The number of nitrogens with one attached hydrogen (secondary N) is 1. The molecule has 1 N–H and O–H groups in total. The van der Waals surface area contributed by atoms with E-state index in [0.29, 0.717) is 11.3 Å². The molecule has 0 aliphatic carbocycles. The highest BCUT2D eigenvalue weighted by Crippen LogP contribution is 2.16. The first-order chi connectivity index (χ1) is 9.70. The van der Waals surface area contributed by atoms with E-state index in [0.717, 1.165) is 5.56 Å². The Hall–Kier alpha value is -2.62. The molecule has 1 amide bonds. The molecule has 4 nitrogen and oxygen atoms in total. The van der Waals surface area contributed by atoms with Gasteiger partial charge in [-0.3, -0.25) is 4.79 Å². The van der Waals surface area contributed by atoms with Gasteiger partial charge in [0.2, 0.25) is 0 Å². The lowest BCUT2D eigenvalue weighted by molar-refractivity contribution is 0.0952. The minimum Gasteiger partial charge on any atom is -0.496 e. The molecule has 20 heavy (non-hydrogen) atoms. The fourth-order valence-electron chi connectivity index (χ4n) is 1.71. The van der Waals surface area contributed by atoms with Crippen LogP contribution in [0, 0.1) is 6.92 Å². The summed E-state index contributed by atoms with van der Waals surface area (Å²) >= 11 is 0. The molecule has 0 heterocycles. The third-order valence-corrected chi connectivity index (χ3v) is 2.81. The van der Waals surface area contributed by atoms with Crippen LogP contribution in [0.3, 0.4) is 0 Å². The lowest BCUT2D eigenvalue weighted by atomic mass is 10.2. The highest BCUT2D eigenvalue weighted by atomic mass is 16.5. The topological polar surface area (TPSA) is 50.7 Å². The second-order valence-corrected chi connectivity index (χ2v) is 4.31. The van der Waals surface area contributed by atoms with E-state index in [1.165, 1.54) is 12.7 Å². The van der Waals surface area contributed by atoms with Crippen molar-refractivity contribution >= 4 is 12.1 Å². The van der Waals surface area contributed by atoms with Crippen LogP contribution in [-0.4, -0.2) is 19.2 Å². The molecule has 0 unspecified atom stereocenters. The van der Waals surface area contributed by atoms with Crippen LogP contribution in [0.25, 0.3) is 0 Å². The van der Waals surface area contributed by atoms with Gasteiger partial charge >= 0.3 is 0 Å². The van der Waals surface area contributed by atoms with Gasteiger partial charge in [0.05, 0.1) is 18.9 Å². The van der Waals surface area contributed by atoms with Crippen molar-refractivity contribution in [1.29, 1.82) is 0 Å². The number of carbonyl (C=O) groups excluding carboxylic acids is 1. The summed E-state index contributed by atoms with van der Waals surface area (Å²) in [5, 5.41) is 3.94. The van der Waals surface area contributed by atoms with Crippen LogP contribution < -0.4 is 10.2 Å². The Morgan fingerprint density at radius 3 is 2.55 bits per heavy atom. The van der Waals surface area contributed by atoms with Gasteiger partial charge in [-0.25, -0.2) is 5.43 Å². The number of hydrogen-bond acceptors (Lipinski definition) is 3. The predicted molar refractivity (Wildman–Crippen MR) is 79.2 cm³/mol. The van der Waals surface area contributed by atoms with Crippen molar-refractivity contribution in [1.82, 2.24) is 5.43 Å². The first-order valence-electron chi connectivity index (χ1n) is 6.24. The minimum absolute atomic E-state index is 0.300. The third-order valence-electron chi connectivity index (χ3n) is 2.81. The van der Waals surface area contributed by atoms with Gasteiger partial charge < -0.3 is 4.74 Å². The van der Waals surface area contributed by atoms with Crippen molar-refractivity contribution in [2.45, 2.75) is 6.92 Å². The zero-order valence-corrected chi connectivity index (χ0v) is 11.5. The number of hydrazone groups is 1. The molecule has 2 aromatic carbocycles. The van der Waals surface area contributed by atoms with Crippen LogP contribution in [0.15, 0.2) is 53.6 Å². The largest absolute Gasteiger partial charge is 0.496 e. The fraction of sp³-hybridized carbons (Fsp3) is 0.125.